The predicted molar refractivity (Wildman–Crippen MR) is 74.8 cm³/mol. The standard InChI is InChI=1S/C13H17NO2S2/c15-18(16,8-10-6-14-7-10)9-12-5-11-3-1-2-4-13(11)17-12/h1-4,10,12,14H,5-9H2. The molecule has 0 aromatic heterocycles. The molecule has 98 valence electrons. The van der Waals surface area contributed by atoms with Crippen LogP contribution in [0.2, 0.25) is 0 Å². The second-order valence-electron chi connectivity index (χ2n) is 5.15. The number of hydrogen-bond donors (Lipinski definition) is 1. The van der Waals surface area contributed by atoms with Gasteiger partial charge in [0, 0.05) is 23.2 Å². The summed E-state index contributed by atoms with van der Waals surface area (Å²) in [4.78, 5) is 1.25. The third-order valence-electron chi connectivity index (χ3n) is 3.51. The highest BCUT2D eigenvalue weighted by atomic mass is 32.2. The SMILES string of the molecule is O=S(=O)(CC1CNC1)CC1Cc2ccccc2S1. The minimum Gasteiger partial charge on any atom is -0.316 e. The highest BCUT2D eigenvalue weighted by molar-refractivity contribution is 8.01. The summed E-state index contributed by atoms with van der Waals surface area (Å²) in [6.07, 6.45) is 0.892. The van der Waals surface area contributed by atoms with Gasteiger partial charge in [0.05, 0.1) is 11.5 Å². The molecule has 0 saturated carbocycles. The Bertz CT molecular complexity index is 513. The summed E-state index contributed by atoms with van der Waals surface area (Å²) in [6, 6.07) is 8.23. The summed E-state index contributed by atoms with van der Waals surface area (Å²) in [5.41, 5.74) is 1.30. The Labute approximate surface area is 112 Å². The van der Waals surface area contributed by atoms with E-state index in [0.29, 0.717) is 17.4 Å². The van der Waals surface area contributed by atoms with Gasteiger partial charge in [-0.15, -0.1) is 11.8 Å². The van der Waals surface area contributed by atoms with Crippen LogP contribution < -0.4 is 5.32 Å². The topological polar surface area (TPSA) is 46.2 Å². The molecule has 3 rings (SSSR count). The van der Waals surface area contributed by atoms with Crippen LogP contribution in [0.15, 0.2) is 29.2 Å². The van der Waals surface area contributed by atoms with E-state index in [9.17, 15) is 8.42 Å². The van der Waals surface area contributed by atoms with Crippen molar-refractivity contribution in [2.75, 3.05) is 24.6 Å². The maximum atomic E-state index is 12.1. The van der Waals surface area contributed by atoms with Crippen LogP contribution in [0.5, 0.6) is 0 Å². The van der Waals surface area contributed by atoms with Gasteiger partial charge in [-0.3, -0.25) is 0 Å². The lowest BCUT2D eigenvalue weighted by molar-refractivity contribution is 0.378. The van der Waals surface area contributed by atoms with E-state index in [-0.39, 0.29) is 5.25 Å². The van der Waals surface area contributed by atoms with E-state index in [0.717, 1.165) is 19.5 Å². The van der Waals surface area contributed by atoms with Crippen LogP contribution in [0.3, 0.4) is 0 Å². The summed E-state index contributed by atoms with van der Waals surface area (Å²) >= 11 is 1.72. The van der Waals surface area contributed by atoms with Crippen molar-refractivity contribution in [2.45, 2.75) is 16.6 Å². The van der Waals surface area contributed by atoms with E-state index in [2.05, 4.69) is 17.4 Å². The first kappa shape index (κ1) is 12.5. The van der Waals surface area contributed by atoms with Crippen LogP contribution in [-0.4, -0.2) is 38.3 Å². The second kappa shape index (κ2) is 4.87. The van der Waals surface area contributed by atoms with Gasteiger partial charge in [0.15, 0.2) is 9.84 Å². The summed E-state index contributed by atoms with van der Waals surface area (Å²) in [5, 5.41) is 3.33. The third-order valence-corrected chi connectivity index (χ3v) is 6.93. The molecule has 3 nitrogen and oxygen atoms in total. The molecule has 18 heavy (non-hydrogen) atoms. The summed E-state index contributed by atoms with van der Waals surface area (Å²) in [6.45, 7) is 1.72. The molecule has 1 aromatic carbocycles. The quantitative estimate of drug-likeness (QED) is 0.906. The lowest BCUT2D eigenvalue weighted by atomic mass is 10.1. The molecule has 0 amide bonds. The van der Waals surface area contributed by atoms with E-state index >= 15 is 0 Å². The first-order valence-corrected chi connectivity index (χ1v) is 8.98. The van der Waals surface area contributed by atoms with Gasteiger partial charge in [-0.1, -0.05) is 18.2 Å². The molecule has 1 atom stereocenters. The molecular formula is C13H17NO2S2. The molecule has 5 heteroatoms. The fraction of sp³-hybridized carbons (Fsp3) is 0.538. The van der Waals surface area contributed by atoms with Crippen molar-refractivity contribution in [2.24, 2.45) is 5.92 Å². The molecule has 1 N–H and O–H groups in total. The number of sulfone groups is 1. The Hall–Kier alpha value is -0.520. The van der Waals surface area contributed by atoms with Crippen molar-refractivity contribution < 1.29 is 8.42 Å². The van der Waals surface area contributed by atoms with Gasteiger partial charge < -0.3 is 5.32 Å². The molecule has 0 spiro atoms. The minimum atomic E-state index is -2.90. The van der Waals surface area contributed by atoms with Crippen LogP contribution >= 0.6 is 11.8 Å². The first-order valence-electron chi connectivity index (χ1n) is 6.28. The summed E-state index contributed by atoms with van der Waals surface area (Å²) in [5.74, 6) is 1.01. The molecule has 0 bridgehead atoms. The van der Waals surface area contributed by atoms with Crippen molar-refractivity contribution in [3.05, 3.63) is 29.8 Å². The maximum absolute atomic E-state index is 12.1. The highest BCUT2D eigenvalue weighted by Crippen LogP contribution is 2.37. The normalized spacial score (nSPS) is 23.7. The molecule has 2 aliphatic rings. The van der Waals surface area contributed by atoms with Gasteiger partial charge >= 0.3 is 0 Å². The number of nitrogens with one attached hydrogen (secondary N) is 1. The molecule has 2 heterocycles. The number of hydrogen-bond acceptors (Lipinski definition) is 4. The Morgan fingerprint density at radius 2 is 2.00 bits per heavy atom. The molecule has 0 aliphatic carbocycles. The van der Waals surface area contributed by atoms with E-state index < -0.39 is 9.84 Å². The summed E-state index contributed by atoms with van der Waals surface area (Å²) in [7, 11) is -2.90. The maximum Gasteiger partial charge on any atom is 0.151 e. The highest BCUT2D eigenvalue weighted by Gasteiger charge is 2.30. The zero-order valence-corrected chi connectivity index (χ0v) is 11.8. The molecule has 1 aromatic rings. The van der Waals surface area contributed by atoms with Gasteiger partial charge in [0.1, 0.15) is 0 Å². The van der Waals surface area contributed by atoms with E-state index in [1.165, 1.54) is 10.5 Å². The number of thioether (sulfide) groups is 1. The van der Waals surface area contributed by atoms with E-state index in [1.54, 1.807) is 11.8 Å². The zero-order chi connectivity index (χ0) is 12.6. The average molecular weight is 283 g/mol. The predicted octanol–water partition coefficient (Wildman–Crippen LogP) is 1.34. The molecule has 0 radical (unpaired) electrons. The van der Waals surface area contributed by atoms with Crippen molar-refractivity contribution in [3.8, 4) is 0 Å². The van der Waals surface area contributed by atoms with Crippen molar-refractivity contribution in [3.63, 3.8) is 0 Å². The minimum absolute atomic E-state index is 0.209. The lowest BCUT2D eigenvalue weighted by Gasteiger charge is -2.27. The van der Waals surface area contributed by atoms with Gasteiger partial charge in [-0.2, -0.15) is 0 Å². The average Bonchev–Trinajstić information content (AvgIpc) is 2.64. The van der Waals surface area contributed by atoms with Gasteiger partial charge in [0.25, 0.3) is 0 Å². The smallest absolute Gasteiger partial charge is 0.151 e. The second-order valence-corrected chi connectivity index (χ2v) is 8.65. The van der Waals surface area contributed by atoms with Crippen LogP contribution in [0.1, 0.15) is 5.56 Å². The molecule has 1 unspecified atom stereocenters. The number of benzene rings is 1. The zero-order valence-electron chi connectivity index (χ0n) is 10.1. The Morgan fingerprint density at radius 1 is 1.22 bits per heavy atom. The van der Waals surface area contributed by atoms with Crippen molar-refractivity contribution in [1.29, 1.82) is 0 Å². The third kappa shape index (κ3) is 2.73. The van der Waals surface area contributed by atoms with Crippen LogP contribution in [0, 0.1) is 5.92 Å². The Morgan fingerprint density at radius 3 is 2.67 bits per heavy atom. The van der Waals surface area contributed by atoms with Crippen LogP contribution in [0.4, 0.5) is 0 Å². The molecule has 1 fully saturated rings. The number of rotatable bonds is 4. The van der Waals surface area contributed by atoms with Gasteiger partial charge in [-0.05, 0) is 24.0 Å². The monoisotopic (exact) mass is 283 g/mol. The van der Waals surface area contributed by atoms with Gasteiger partial charge in [0.2, 0.25) is 0 Å². The largest absolute Gasteiger partial charge is 0.316 e. The van der Waals surface area contributed by atoms with Crippen LogP contribution in [0.25, 0.3) is 0 Å². The van der Waals surface area contributed by atoms with Crippen molar-refractivity contribution >= 4 is 21.6 Å². The Balaban J connectivity index is 1.61. The molecule has 2 aliphatic heterocycles. The van der Waals surface area contributed by atoms with E-state index in [4.69, 9.17) is 0 Å². The molecular weight excluding hydrogens is 266 g/mol. The lowest BCUT2D eigenvalue weighted by Crippen LogP contribution is -2.46. The van der Waals surface area contributed by atoms with Crippen LogP contribution in [-0.2, 0) is 16.3 Å². The molecule has 1 saturated heterocycles. The first-order chi connectivity index (χ1) is 8.62. The van der Waals surface area contributed by atoms with E-state index in [1.807, 2.05) is 12.1 Å². The fourth-order valence-electron chi connectivity index (χ4n) is 2.52. The Kier molecular flexibility index (Phi) is 3.38. The summed E-state index contributed by atoms with van der Waals surface area (Å²) < 4.78 is 24.2. The fourth-order valence-corrected chi connectivity index (χ4v) is 6.27. The van der Waals surface area contributed by atoms with Crippen molar-refractivity contribution in [1.82, 2.24) is 5.32 Å². The number of fused-ring (bicyclic) bond motifs is 1. The van der Waals surface area contributed by atoms with Gasteiger partial charge in [-0.25, -0.2) is 8.42 Å².